The zero-order valence-corrected chi connectivity index (χ0v) is 14.8. The highest BCUT2D eigenvalue weighted by atomic mass is 17.2. The van der Waals surface area contributed by atoms with Crippen molar-refractivity contribution in [2.24, 2.45) is 0 Å². The Bertz CT molecular complexity index is 481. The highest BCUT2D eigenvalue weighted by Gasteiger charge is 2.27. The maximum absolute atomic E-state index is 11.5. The molecule has 24 heavy (non-hydrogen) atoms. The van der Waals surface area contributed by atoms with Crippen LogP contribution in [0.25, 0.3) is 0 Å². The molecule has 0 aromatic rings. The lowest BCUT2D eigenvalue weighted by molar-refractivity contribution is -0.399. The van der Waals surface area contributed by atoms with Crippen LogP contribution < -0.4 is 10.9 Å². The molecule has 0 radical (unpaired) electrons. The van der Waals surface area contributed by atoms with Gasteiger partial charge in [0, 0.05) is 18.6 Å². The van der Waals surface area contributed by atoms with Gasteiger partial charge in [-0.05, 0) is 41.5 Å². The number of carboxylic acids is 1. The van der Waals surface area contributed by atoms with Crippen LogP contribution in [0.2, 0.25) is 0 Å². The number of hydrogen-bond acceptors (Lipinski definition) is 6. The second-order valence-corrected chi connectivity index (χ2v) is 6.74. The predicted molar refractivity (Wildman–Crippen MR) is 84.6 cm³/mol. The minimum Gasteiger partial charge on any atom is -0.478 e. The van der Waals surface area contributed by atoms with Crippen LogP contribution in [0, 0.1) is 0 Å². The minimum absolute atomic E-state index is 0.351. The van der Waals surface area contributed by atoms with Crippen LogP contribution in [0.1, 0.15) is 48.0 Å². The molecule has 0 heterocycles. The van der Waals surface area contributed by atoms with E-state index in [2.05, 4.69) is 0 Å². The number of nitrogens with one attached hydrogen (secondary N) is 2. The molecule has 0 bridgehead atoms. The van der Waals surface area contributed by atoms with Crippen molar-refractivity contribution in [1.82, 2.24) is 10.9 Å². The molecule has 0 aromatic heterocycles. The number of amides is 2. The molecule has 9 heteroatoms. The van der Waals surface area contributed by atoms with Crippen LogP contribution in [-0.4, -0.2) is 40.4 Å². The molecule has 0 rings (SSSR count). The summed E-state index contributed by atoms with van der Waals surface area (Å²) in [6.45, 7) is 10.8. The van der Waals surface area contributed by atoms with Gasteiger partial charge in [-0.15, -0.1) is 0 Å². The van der Waals surface area contributed by atoms with Crippen LogP contribution in [0.15, 0.2) is 12.2 Å². The lowest BCUT2D eigenvalue weighted by Crippen LogP contribution is -2.43. The molecule has 0 aliphatic heterocycles. The van der Waals surface area contributed by atoms with E-state index >= 15 is 0 Å². The Morgan fingerprint density at radius 3 is 2.12 bits per heavy atom. The molecule has 0 aliphatic carbocycles. The van der Waals surface area contributed by atoms with E-state index in [9.17, 15) is 14.4 Å². The molecule has 1 atom stereocenters. The highest BCUT2D eigenvalue weighted by molar-refractivity contribution is 5.94. The van der Waals surface area contributed by atoms with E-state index in [0.717, 1.165) is 6.08 Å². The molecule has 3 N–H and O–H groups in total. The molecule has 2 amide bonds. The van der Waals surface area contributed by atoms with Crippen molar-refractivity contribution in [2.45, 2.75) is 65.3 Å². The van der Waals surface area contributed by atoms with Gasteiger partial charge >= 0.3 is 12.1 Å². The van der Waals surface area contributed by atoms with E-state index in [1.807, 2.05) is 31.6 Å². The van der Waals surface area contributed by atoms with Gasteiger partial charge in [-0.2, -0.15) is 0 Å². The van der Waals surface area contributed by atoms with Gasteiger partial charge in [0.15, 0.2) is 0 Å². The second-order valence-electron chi connectivity index (χ2n) is 6.74. The Kier molecular flexibility index (Phi) is 8.42. The molecule has 138 valence electrons. The van der Waals surface area contributed by atoms with Crippen molar-refractivity contribution in [2.75, 3.05) is 0 Å². The predicted octanol–water partition coefficient (Wildman–Crippen LogP) is 1.69. The maximum Gasteiger partial charge on any atom is 0.426 e. The first kappa shape index (κ1) is 21.9. The molecule has 0 aliphatic rings. The Balaban J connectivity index is 4.22. The van der Waals surface area contributed by atoms with Crippen LogP contribution in [0.4, 0.5) is 4.79 Å². The fourth-order valence-corrected chi connectivity index (χ4v) is 1.52. The van der Waals surface area contributed by atoms with Crippen molar-refractivity contribution in [3.63, 3.8) is 0 Å². The van der Waals surface area contributed by atoms with E-state index in [1.54, 1.807) is 20.8 Å². The summed E-state index contributed by atoms with van der Waals surface area (Å²) in [6.07, 6.45) is 0.345. The summed E-state index contributed by atoms with van der Waals surface area (Å²) in [4.78, 5) is 43.6. The molecule has 0 saturated carbocycles. The summed E-state index contributed by atoms with van der Waals surface area (Å²) in [5.74, 6) is -2.08. The van der Waals surface area contributed by atoms with Gasteiger partial charge in [0.2, 0.25) is 0 Å². The number of carboxylic acid groups (broad SMARTS) is 1. The van der Waals surface area contributed by atoms with Crippen molar-refractivity contribution in [3.05, 3.63) is 12.2 Å². The van der Waals surface area contributed by atoms with Gasteiger partial charge in [0.25, 0.3) is 5.91 Å². The van der Waals surface area contributed by atoms with Crippen molar-refractivity contribution in [3.8, 4) is 0 Å². The zero-order valence-electron chi connectivity index (χ0n) is 14.8. The standard InChI is InChI=1S/C15H26N2O7/c1-10(9-15(5,6)24-23-14(2,3)4)22-13(21)17-16-11(18)7-8-12(19)20/h7-8,10H,9H2,1-6H3,(H,16,18)(H,17,21)(H,19,20)/b8-7-. The Hall–Kier alpha value is -2.13. The zero-order chi connectivity index (χ0) is 19.0. The van der Waals surface area contributed by atoms with Crippen LogP contribution >= 0.6 is 0 Å². The number of hydrogen-bond donors (Lipinski definition) is 3. The smallest absolute Gasteiger partial charge is 0.426 e. The Labute approximate surface area is 141 Å². The van der Waals surface area contributed by atoms with Crippen molar-refractivity contribution >= 4 is 18.0 Å². The van der Waals surface area contributed by atoms with Gasteiger partial charge in [0.05, 0.1) is 5.60 Å². The third-order valence-corrected chi connectivity index (χ3v) is 2.27. The number of rotatable bonds is 7. The number of ether oxygens (including phenoxy) is 1. The Morgan fingerprint density at radius 1 is 1.04 bits per heavy atom. The molecule has 1 unspecified atom stereocenters. The highest BCUT2D eigenvalue weighted by Crippen LogP contribution is 2.22. The van der Waals surface area contributed by atoms with E-state index in [1.165, 1.54) is 0 Å². The largest absolute Gasteiger partial charge is 0.478 e. The summed E-state index contributed by atoms with van der Waals surface area (Å²) >= 11 is 0. The Morgan fingerprint density at radius 2 is 1.62 bits per heavy atom. The van der Waals surface area contributed by atoms with Crippen molar-refractivity contribution in [1.29, 1.82) is 0 Å². The van der Waals surface area contributed by atoms with Crippen LogP contribution in [-0.2, 0) is 24.1 Å². The van der Waals surface area contributed by atoms with Crippen molar-refractivity contribution < 1.29 is 34.0 Å². The molecular formula is C15H26N2O7. The monoisotopic (exact) mass is 346 g/mol. The molecular weight excluding hydrogens is 320 g/mol. The normalized spacial score (nSPS) is 13.4. The molecule has 0 aromatic carbocycles. The quantitative estimate of drug-likeness (QED) is 0.364. The summed E-state index contributed by atoms with van der Waals surface area (Å²) < 4.78 is 5.05. The number of carbonyl (C=O) groups is 3. The van der Waals surface area contributed by atoms with Crippen LogP contribution in [0.3, 0.4) is 0 Å². The van der Waals surface area contributed by atoms with Gasteiger partial charge < -0.3 is 9.84 Å². The molecule has 0 fully saturated rings. The summed E-state index contributed by atoms with van der Waals surface area (Å²) in [7, 11) is 0. The summed E-state index contributed by atoms with van der Waals surface area (Å²) in [5.41, 5.74) is 2.82. The first-order chi connectivity index (χ1) is 10.8. The minimum atomic E-state index is -1.28. The third kappa shape index (κ3) is 12.4. The number of hydrazine groups is 1. The summed E-state index contributed by atoms with van der Waals surface area (Å²) in [5, 5.41) is 8.36. The fraction of sp³-hybridized carbons (Fsp3) is 0.667. The second kappa shape index (κ2) is 9.24. The molecule has 9 nitrogen and oxygen atoms in total. The van der Waals surface area contributed by atoms with E-state index < -0.39 is 35.3 Å². The average Bonchev–Trinajstić information content (AvgIpc) is 2.39. The average molecular weight is 346 g/mol. The maximum atomic E-state index is 11.5. The summed E-state index contributed by atoms with van der Waals surface area (Å²) in [6, 6.07) is 0. The van der Waals surface area contributed by atoms with Gasteiger partial charge in [-0.1, -0.05) is 0 Å². The lowest BCUT2D eigenvalue weighted by atomic mass is 10.0. The lowest BCUT2D eigenvalue weighted by Gasteiger charge is -2.30. The van der Waals surface area contributed by atoms with Gasteiger partial charge in [-0.25, -0.2) is 24.8 Å². The fourth-order valence-electron chi connectivity index (χ4n) is 1.52. The third-order valence-electron chi connectivity index (χ3n) is 2.27. The first-order valence-electron chi connectivity index (χ1n) is 7.35. The van der Waals surface area contributed by atoms with Gasteiger partial charge in [0.1, 0.15) is 11.7 Å². The van der Waals surface area contributed by atoms with Crippen LogP contribution in [0.5, 0.6) is 0 Å². The molecule has 0 spiro atoms. The van der Waals surface area contributed by atoms with E-state index in [0.29, 0.717) is 12.5 Å². The topological polar surface area (TPSA) is 123 Å². The first-order valence-corrected chi connectivity index (χ1v) is 7.35. The molecule has 0 saturated heterocycles. The number of aliphatic carboxylic acids is 1. The SMILES string of the molecule is CC(CC(C)(C)OOC(C)(C)C)OC(=O)NNC(=O)/C=C\C(=O)O. The van der Waals surface area contributed by atoms with Gasteiger partial charge in [-0.3, -0.25) is 10.2 Å². The van der Waals surface area contributed by atoms with E-state index in [4.69, 9.17) is 19.6 Å². The number of carbonyl (C=O) groups excluding carboxylic acids is 2. The van der Waals surface area contributed by atoms with E-state index in [-0.39, 0.29) is 0 Å².